The largest absolute Gasteiger partial charge is 0.486 e. The number of hydrogen-bond donors (Lipinski definition) is 1. The Labute approximate surface area is 211 Å². The Morgan fingerprint density at radius 1 is 1.29 bits per heavy atom. The maximum absolute atomic E-state index is 13.3. The molecule has 7 nitrogen and oxygen atoms in total. The molecule has 1 aliphatic rings. The predicted molar refractivity (Wildman–Crippen MR) is 141 cm³/mol. The lowest BCUT2D eigenvalue weighted by molar-refractivity contribution is -0.137. The van der Waals surface area contributed by atoms with Gasteiger partial charge >= 0.3 is 12.0 Å². The summed E-state index contributed by atoms with van der Waals surface area (Å²) in [4.78, 5) is 30.8. The number of thioether (sulfide) groups is 1. The molecule has 1 atom stereocenters. The molecule has 2 aromatic rings. The van der Waals surface area contributed by atoms with Gasteiger partial charge in [-0.15, -0.1) is 0 Å². The number of ether oxygens (including phenoxy) is 2. The van der Waals surface area contributed by atoms with Crippen molar-refractivity contribution in [3.8, 4) is 16.9 Å². The molecule has 0 saturated carbocycles. The summed E-state index contributed by atoms with van der Waals surface area (Å²) < 4.78 is 10.9. The lowest BCUT2D eigenvalue weighted by Crippen LogP contribution is -2.47. The van der Waals surface area contributed by atoms with Gasteiger partial charge in [0.15, 0.2) is 0 Å². The second-order valence-corrected chi connectivity index (χ2v) is 9.48. The van der Waals surface area contributed by atoms with E-state index in [4.69, 9.17) is 4.74 Å². The van der Waals surface area contributed by atoms with E-state index in [-0.39, 0.29) is 23.9 Å². The number of urea groups is 1. The number of amides is 2. The number of benzene rings is 1. The Morgan fingerprint density at radius 2 is 2.06 bits per heavy atom. The number of allylic oxidation sites excluding steroid dienone is 3. The Bertz CT molecular complexity index is 1100. The van der Waals surface area contributed by atoms with Crippen LogP contribution in [0.25, 0.3) is 11.1 Å². The number of carbonyl (C=O) groups is 2. The number of esters is 1. The van der Waals surface area contributed by atoms with Crippen LogP contribution < -0.4 is 15.0 Å². The molecule has 0 saturated heterocycles. The zero-order valence-corrected chi connectivity index (χ0v) is 21.7. The molecule has 2 heterocycles. The summed E-state index contributed by atoms with van der Waals surface area (Å²) in [6.45, 7) is 8.61. The van der Waals surface area contributed by atoms with E-state index in [9.17, 15) is 9.59 Å². The number of nitrogens with zero attached hydrogens (tertiary/aromatic N) is 2. The average Bonchev–Trinajstić information content (AvgIpc) is 2.86. The third kappa shape index (κ3) is 7.11. The molecule has 1 aromatic heterocycles. The molecule has 1 N–H and O–H groups in total. The first-order valence-electron chi connectivity index (χ1n) is 11.7. The molecule has 0 spiro atoms. The van der Waals surface area contributed by atoms with Crippen LogP contribution in [0.3, 0.4) is 0 Å². The molecule has 0 aliphatic carbocycles. The predicted octanol–water partition coefficient (Wildman–Crippen LogP) is 5.82. The van der Waals surface area contributed by atoms with Crippen LogP contribution in [-0.2, 0) is 9.53 Å². The van der Waals surface area contributed by atoms with Gasteiger partial charge in [0, 0.05) is 17.5 Å². The Morgan fingerprint density at radius 3 is 2.69 bits per heavy atom. The first-order chi connectivity index (χ1) is 16.8. The molecule has 186 valence electrons. The summed E-state index contributed by atoms with van der Waals surface area (Å²) in [5, 5.41) is 3.79. The fourth-order valence-electron chi connectivity index (χ4n) is 3.63. The molecule has 1 aromatic carbocycles. The van der Waals surface area contributed by atoms with Crippen molar-refractivity contribution in [3.05, 3.63) is 60.5 Å². The summed E-state index contributed by atoms with van der Waals surface area (Å²) in [6, 6.07) is 9.48. The van der Waals surface area contributed by atoms with Crippen molar-refractivity contribution in [1.29, 1.82) is 0 Å². The second kappa shape index (κ2) is 12.4. The van der Waals surface area contributed by atoms with E-state index in [0.29, 0.717) is 18.2 Å². The van der Waals surface area contributed by atoms with Gasteiger partial charge in [-0.2, -0.15) is 0 Å². The summed E-state index contributed by atoms with van der Waals surface area (Å²) in [6.07, 6.45) is 8.30. The van der Waals surface area contributed by atoms with Crippen LogP contribution in [0.15, 0.2) is 65.5 Å². The van der Waals surface area contributed by atoms with Crippen molar-refractivity contribution >= 4 is 29.4 Å². The molecular formula is C27H33N3O4S. The van der Waals surface area contributed by atoms with Crippen LogP contribution in [0.5, 0.6) is 5.75 Å². The van der Waals surface area contributed by atoms with E-state index in [1.165, 1.54) is 18.9 Å². The fourth-order valence-corrected chi connectivity index (χ4v) is 4.31. The van der Waals surface area contributed by atoms with E-state index in [2.05, 4.69) is 28.9 Å². The number of nitrogens with one attached hydrogen (secondary N) is 1. The van der Waals surface area contributed by atoms with Crippen molar-refractivity contribution in [2.75, 3.05) is 24.3 Å². The van der Waals surface area contributed by atoms with Crippen molar-refractivity contribution in [3.63, 3.8) is 0 Å². The van der Waals surface area contributed by atoms with E-state index in [0.717, 1.165) is 34.0 Å². The number of aromatic nitrogens is 1. The van der Waals surface area contributed by atoms with Crippen molar-refractivity contribution in [1.82, 2.24) is 10.3 Å². The van der Waals surface area contributed by atoms with Crippen LogP contribution in [-0.4, -0.2) is 42.5 Å². The van der Waals surface area contributed by atoms with Gasteiger partial charge in [0.2, 0.25) is 0 Å². The highest BCUT2D eigenvalue weighted by molar-refractivity contribution is 7.99. The molecule has 2 amide bonds. The Balaban J connectivity index is 1.83. The van der Waals surface area contributed by atoms with Gasteiger partial charge in [0.05, 0.1) is 30.1 Å². The van der Waals surface area contributed by atoms with E-state index < -0.39 is 0 Å². The Kier molecular flexibility index (Phi) is 9.37. The molecule has 0 radical (unpaired) electrons. The summed E-state index contributed by atoms with van der Waals surface area (Å²) in [7, 11) is 1.37. The van der Waals surface area contributed by atoms with Crippen LogP contribution >= 0.6 is 11.8 Å². The van der Waals surface area contributed by atoms with Gasteiger partial charge < -0.3 is 14.8 Å². The van der Waals surface area contributed by atoms with Gasteiger partial charge in [-0.3, -0.25) is 9.69 Å². The van der Waals surface area contributed by atoms with Gasteiger partial charge in [-0.25, -0.2) is 9.78 Å². The minimum Gasteiger partial charge on any atom is -0.486 e. The third-order valence-corrected chi connectivity index (χ3v) is 6.29. The molecule has 3 rings (SSSR count). The first kappa shape index (κ1) is 26.3. The minimum atomic E-state index is -0.288. The number of fused-ring (bicyclic) bond motifs is 1. The zero-order chi connectivity index (χ0) is 25.4. The van der Waals surface area contributed by atoms with Crippen molar-refractivity contribution < 1.29 is 19.1 Å². The summed E-state index contributed by atoms with van der Waals surface area (Å²) in [5.74, 6) is 0.904. The lowest BCUT2D eigenvalue weighted by atomic mass is 10.0. The monoisotopic (exact) mass is 495 g/mol. The van der Waals surface area contributed by atoms with Crippen LogP contribution in [0.4, 0.5) is 10.5 Å². The van der Waals surface area contributed by atoms with Gasteiger partial charge in [0.1, 0.15) is 11.9 Å². The summed E-state index contributed by atoms with van der Waals surface area (Å²) in [5.41, 5.74) is 3.37. The molecular weight excluding hydrogens is 462 g/mol. The molecule has 8 heteroatoms. The maximum atomic E-state index is 13.3. The normalized spacial score (nSPS) is 15.7. The van der Waals surface area contributed by atoms with Gasteiger partial charge in [-0.05, 0) is 49.1 Å². The van der Waals surface area contributed by atoms with Crippen LogP contribution in [0, 0.1) is 5.92 Å². The highest BCUT2D eigenvalue weighted by Crippen LogP contribution is 2.38. The highest BCUT2D eigenvalue weighted by atomic mass is 32.2. The van der Waals surface area contributed by atoms with E-state index >= 15 is 0 Å². The van der Waals surface area contributed by atoms with Crippen LogP contribution in [0.1, 0.15) is 34.1 Å². The number of carbonyl (C=O) groups excluding carboxylic acids is 2. The van der Waals surface area contributed by atoms with E-state index in [1.807, 2.05) is 62.4 Å². The number of methoxy groups -OCH3 is 1. The van der Waals surface area contributed by atoms with Crippen molar-refractivity contribution in [2.45, 2.75) is 45.2 Å². The molecule has 1 aliphatic heterocycles. The standard InChI is InChI=1S/C27H33N3O4S/c1-6-8-21(13-18(3)4)29-27(32)30-16-22(7-2)34-24-14-19(9-11-23(24)30)20-10-12-25(28-15-20)35-17-26(31)33-5/h6,8-15,18,22H,7,16-17H2,1-5H3,(H,29,32). The first-order valence-corrected chi connectivity index (χ1v) is 12.7. The Hall–Kier alpha value is -3.26. The van der Waals surface area contributed by atoms with E-state index in [1.54, 1.807) is 11.1 Å². The fraction of sp³-hybridized carbons (Fsp3) is 0.370. The lowest BCUT2D eigenvalue weighted by Gasteiger charge is -2.35. The van der Waals surface area contributed by atoms with Gasteiger partial charge in [-0.1, -0.05) is 56.8 Å². The van der Waals surface area contributed by atoms with Crippen LogP contribution in [0.2, 0.25) is 0 Å². The molecule has 0 bridgehead atoms. The zero-order valence-electron chi connectivity index (χ0n) is 20.9. The van der Waals surface area contributed by atoms with Crippen molar-refractivity contribution in [2.24, 2.45) is 5.92 Å². The number of rotatable bonds is 8. The quantitative estimate of drug-likeness (QED) is 0.282. The number of pyridine rings is 1. The smallest absolute Gasteiger partial charge is 0.326 e. The highest BCUT2D eigenvalue weighted by Gasteiger charge is 2.29. The summed E-state index contributed by atoms with van der Waals surface area (Å²) >= 11 is 1.33. The third-order valence-electron chi connectivity index (χ3n) is 5.38. The molecule has 1 unspecified atom stereocenters. The number of anilines is 1. The average molecular weight is 496 g/mol. The minimum absolute atomic E-state index is 0.0991. The second-order valence-electron chi connectivity index (χ2n) is 8.49. The topological polar surface area (TPSA) is 80.8 Å². The molecule has 35 heavy (non-hydrogen) atoms. The maximum Gasteiger partial charge on any atom is 0.326 e. The molecule has 0 fully saturated rings. The van der Waals surface area contributed by atoms with Gasteiger partial charge in [0.25, 0.3) is 0 Å². The SMILES string of the molecule is CC=CC(=CC(C)C)NC(=O)N1CC(CC)Oc2cc(-c3ccc(SCC(=O)OC)nc3)ccc21. The number of hydrogen-bond acceptors (Lipinski definition) is 6.